The number of methoxy groups -OCH3 is 6. The van der Waals surface area contributed by atoms with E-state index in [1.54, 1.807) is 33.5 Å². The van der Waals surface area contributed by atoms with Gasteiger partial charge in [-0.25, -0.2) is 0 Å². The van der Waals surface area contributed by atoms with Crippen molar-refractivity contribution >= 4 is 5.91 Å². The number of hydrogen-bond donors (Lipinski definition) is 0. The van der Waals surface area contributed by atoms with Gasteiger partial charge < -0.3 is 33.3 Å². The number of ether oxygens (including phenoxy) is 6. The third-order valence-corrected chi connectivity index (χ3v) is 6.48. The normalized spacial score (nSPS) is 14.5. The van der Waals surface area contributed by atoms with Gasteiger partial charge in [-0.3, -0.25) is 4.79 Å². The molecule has 1 atom stereocenters. The molecule has 8 heteroatoms. The third kappa shape index (κ3) is 4.46. The Balaban J connectivity index is 1.85. The Morgan fingerprint density at radius 2 is 1.31 bits per heavy atom. The number of nitrogens with zero attached hydrogens (tertiary/aromatic N) is 1. The van der Waals surface area contributed by atoms with Crippen LogP contribution in [0.2, 0.25) is 0 Å². The predicted molar refractivity (Wildman–Crippen MR) is 135 cm³/mol. The van der Waals surface area contributed by atoms with Gasteiger partial charge in [-0.2, -0.15) is 0 Å². The van der Waals surface area contributed by atoms with Crippen molar-refractivity contribution in [3.8, 4) is 34.5 Å². The van der Waals surface area contributed by atoms with Crippen LogP contribution in [0.5, 0.6) is 34.5 Å². The number of carbonyl (C=O) groups excluding carboxylic acids is 1. The summed E-state index contributed by atoms with van der Waals surface area (Å²) in [6.07, 6.45) is 0.665. The average Bonchev–Trinajstić information content (AvgIpc) is 2.94. The van der Waals surface area contributed by atoms with Crippen molar-refractivity contribution in [2.75, 3.05) is 49.2 Å². The van der Waals surface area contributed by atoms with Crippen LogP contribution in [0.15, 0.2) is 48.5 Å². The Morgan fingerprint density at radius 1 is 0.722 bits per heavy atom. The molecule has 0 aliphatic carbocycles. The minimum absolute atomic E-state index is 0.157. The summed E-state index contributed by atoms with van der Waals surface area (Å²) in [4.78, 5) is 15.9. The Labute approximate surface area is 211 Å². The molecule has 1 heterocycles. The lowest BCUT2D eigenvalue weighted by molar-refractivity contribution is 0.0693. The highest BCUT2D eigenvalue weighted by molar-refractivity contribution is 5.96. The number of rotatable bonds is 8. The lowest BCUT2D eigenvalue weighted by atomic mass is 9.87. The van der Waals surface area contributed by atoms with Gasteiger partial charge in [0.25, 0.3) is 5.91 Å². The first-order chi connectivity index (χ1) is 17.5. The first-order valence-corrected chi connectivity index (χ1v) is 11.5. The topological polar surface area (TPSA) is 75.7 Å². The molecule has 0 saturated carbocycles. The summed E-state index contributed by atoms with van der Waals surface area (Å²) in [6, 6.07) is 14.7. The molecule has 36 heavy (non-hydrogen) atoms. The van der Waals surface area contributed by atoms with Crippen LogP contribution in [0.3, 0.4) is 0 Å². The van der Waals surface area contributed by atoms with Crippen molar-refractivity contribution in [1.29, 1.82) is 0 Å². The Kier molecular flexibility index (Phi) is 7.43. The largest absolute Gasteiger partial charge is 0.497 e. The van der Waals surface area contributed by atoms with Crippen LogP contribution < -0.4 is 28.4 Å². The summed E-state index contributed by atoms with van der Waals surface area (Å²) < 4.78 is 32.9. The quantitative estimate of drug-likeness (QED) is 0.457. The second kappa shape index (κ2) is 10.7. The van der Waals surface area contributed by atoms with Gasteiger partial charge >= 0.3 is 0 Å². The zero-order valence-electron chi connectivity index (χ0n) is 21.4. The van der Waals surface area contributed by atoms with E-state index < -0.39 is 0 Å². The summed E-state index contributed by atoms with van der Waals surface area (Å²) >= 11 is 0. The SMILES string of the molecule is COc1ccc(C2c3cc(OC)c(OC)cc3CCN2C(=O)c2cc(OC)c(OC)c(OC)c2)cc1. The Hall–Kier alpha value is -4.07. The number of amides is 1. The molecule has 0 radical (unpaired) electrons. The predicted octanol–water partition coefficient (Wildman–Crippen LogP) is 4.53. The lowest BCUT2D eigenvalue weighted by Gasteiger charge is -2.38. The van der Waals surface area contributed by atoms with Crippen molar-refractivity contribution in [2.24, 2.45) is 0 Å². The highest BCUT2D eigenvalue weighted by Crippen LogP contribution is 2.43. The van der Waals surface area contributed by atoms with E-state index in [1.165, 1.54) is 21.3 Å². The van der Waals surface area contributed by atoms with Crippen LogP contribution in [-0.4, -0.2) is 60.0 Å². The van der Waals surface area contributed by atoms with E-state index >= 15 is 0 Å². The van der Waals surface area contributed by atoms with Crippen molar-refractivity contribution in [1.82, 2.24) is 4.90 Å². The molecule has 1 unspecified atom stereocenters. The zero-order chi connectivity index (χ0) is 25.8. The molecule has 0 aromatic heterocycles. The van der Waals surface area contributed by atoms with Crippen LogP contribution in [0.4, 0.5) is 0 Å². The zero-order valence-corrected chi connectivity index (χ0v) is 21.4. The molecule has 0 fully saturated rings. The van der Waals surface area contributed by atoms with Gasteiger partial charge in [0.05, 0.1) is 48.7 Å². The standard InChI is InChI=1S/C28H31NO7/c1-31-20-9-7-17(8-10-20)26-21-16-23(33-3)22(32-2)13-18(21)11-12-29(26)28(30)19-14-24(34-4)27(36-6)25(15-19)35-5/h7-10,13-16,26H,11-12H2,1-6H3. The fourth-order valence-corrected chi connectivity index (χ4v) is 4.68. The maximum atomic E-state index is 14.0. The van der Waals surface area contributed by atoms with Crippen molar-refractivity contribution in [3.63, 3.8) is 0 Å². The average molecular weight is 494 g/mol. The minimum atomic E-state index is -0.356. The molecule has 1 aliphatic rings. The van der Waals surface area contributed by atoms with E-state index in [1.807, 2.05) is 41.3 Å². The molecule has 3 aromatic rings. The van der Waals surface area contributed by atoms with Gasteiger partial charge in [0, 0.05) is 12.1 Å². The molecule has 8 nitrogen and oxygen atoms in total. The monoisotopic (exact) mass is 493 g/mol. The summed E-state index contributed by atoms with van der Waals surface area (Å²) in [6.45, 7) is 0.509. The molecule has 190 valence electrons. The second-order valence-electron chi connectivity index (χ2n) is 8.24. The van der Waals surface area contributed by atoms with Gasteiger partial charge in [-0.15, -0.1) is 0 Å². The van der Waals surface area contributed by atoms with Gasteiger partial charge in [0.1, 0.15) is 5.75 Å². The van der Waals surface area contributed by atoms with E-state index in [0.29, 0.717) is 47.3 Å². The summed E-state index contributed by atoms with van der Waals surface area (Å²) in [5.41, 5.74) is 3.46. The fraction of sp³-hybridized carbons (Fsp3) is 0.321. The van der Waals surface area contributed by atoms with E-state index in [0.717, 1.165) is 22.4 Å². The smallest absolute Gasteiger partial charge is 0.254 e. The fourth-order valence-electron chi connectivity index (χ4n) is 4.68. The van der Waals surface area contributed by atoms with Gasteiger partial charge in [0.15, 0.2) is 23.0 Å². The van der Waals surface area contributed by atoms with E-state index in [2.05, 4.69) is 0 Å². The highest BCUT2D eigenvalue weighted by Gasteiger charge is 2.34. The van der Waals surface area contributed by atoms with Crippen molar-refractivity contribution in [3.05, 3.63) is 70.8 Å². The molecule has 3 aromatic carbocycles. The lowest BCUT2D eigenvalue weighted by Crippen LogP contribution is -2.40. The van der Waals surface area contributed by atoms with Crippen LogP contribution in [0, 0.1) is 0 Å². The van der Waals surface area contributed by atoms with Gasteiger partial charge in [-0.1, -0.05) is 12.1 Å². The van der Waals surface area contributed by atoms with Crippen molar-refractivity contribution < 1.29 is 33.2 Å². The summed E-state index contributed by atoms with van der Waals surface area (Å²) in [5.74, 6) is 3.13. The summed E-state index contributed by atoms with van der Waals surface area (Å²) in [5, 5.41) is 0. The molecule has 1 amide bonds. The molecule has 0 spiro atoms. The highest BCUT2D eigenvalue weighted by atomic mass is 16.5. The summed E-state index contributed by atoms with van der Waals surface area (Å²) in [7, 11) is 9.45. The molecular weight excluding hydrogens is 462 g/mol. The van der Waals surface area contributed by atoms with Gasteiger partial charge in [-0.05, 0) is 59.5 Å². The van der Waals surface area contributed by atoms with Crippen LogP contribution in [0.1, 0.15) is 33.1 Å². The molecule has 1 aliphatic heterocycles. The second-order valence-corrected chi connectivity index (χ2v) is 8.24. The number of hydrogen-bond acceptors (Lipinski definition) is 7. The third-order valence-electron chi connectivity index (χ3n) is 6.48. The molecule has 0 N–H and O–H groups in total. The first kappa shape index (κ1) is 25.0. The molecule has 0 bridgehead atoms. The first-order valence-electron chi connectivity index (χ1n) is 11.5. The molecule has 0 saturated heterocycles. The van der Waals surface area contributed by atoms with Crippen LogP contribution in [-0.2, 0) is 6.42 Å². The minimum Gasteiger partial charge on any atom is -0.497 e. The van der Waals surface area contributed by atoms with Crippen LogP contribution in [0.25, 0.3) is 0 Å². The Morgan fingerprint density at radius 3 is 1.83 bits per heavy atom. The van der Waals surface area contributed by atoms with Crippen molar-refractivity contribution in [2.45, 2.75) is 12.5 Å². The molecule has 4 rings (SSSR count). The number of benzene rings is 3. The maximum absolute atomic E-state index is 14.0. The van der Waals surface area contributed by atoms with E-state index in [9.17, 15) is 4.79 Å². The van der Waals surface area contributed by atoms with E-state index in [-0.39, 0.29) is 11.9 Å². The Bertz CT molecular complexity index is 1210. The van der Waals surface area contributed by atoms with Gasteiger partial charge in [0.2, 0.25) is 5.75 Å². The van der Waals surface area contributed by atoms with Crippen LogP contribution >= 0.6 is 0 Å². The van der Waals surface area contributed by atoms with E-state index in [4.69, 9.17) is 28.4 Å². The number of fused-ring (bicyclic) bond motifs is 1. The number of carbonyl (C=O) groups is 1. The molecular formula is C28H31NO7. The maximum Gasteiger partial charge on any atom is 0.254 e.